The zero-order valence-electron chi connectivity index (χ0n) is 17.5. The minimum absolute atomic E-state index is 0.108. The minimum Gasteiger partial charge on any atom is -0.452 e. The van der Waals surface area contributed by atoms with E-state index in [1.807, 2.05) is 0 Å². The Morgan fingerprint density at radius 3 is 2.12 bits per heavy atom. The van der Waals surface area contributed by atoms with Gasteiger partial charge >= 0.3 is 5.97 Å². The number of likely N-dealkylation sites (tertiary alicyclic amines) is 1. The standard InChI is InChI=1S/C23H24ClN3O5/c1-14(21(29)26-19-8-4-15(5-9-19)20(25)28)32-23(31)17-10-12-27(13-11-17)22(30)16-2-6-18(24)7-3-16/h2-9,14,17H,10-13H2,1H3,(H2,25,28)(H,26,29). The number of nitrogens with two attached hydrogens (primary N) is 1. The molecule has 1 saturated heterocycles. The van der Waals surface area contributed by atoms with Crippen molar-refractivity contribution in [3.8, 4) is 0 Å². The van der Waals surface area contributed by atoms with Crippen LogP contribution in [0.2, 0.25) is 5.02 Å². The summed E-state index contributed by atoms with van der Waals surface area (Å²) in [6.07, 6.45) is -0.0747. The van der Waals surface area contributed by atoms with E-state index in [2.05, 4.69) is 5.32 Å². The number of hydrogen-bond acceptors (Lipinski definition) is 5. The second kappa shape index (κ2) is 10.3. The van der Waals surface area contributed by atoms with Gasteiger partial charge in [0.05, 0.1) is 5.92 Å². The number of nitrogens with one attached hydrogen (secondary N) is 1. The molecule has 1 heterocycles. The van der Waals surface area contributed by atoms with Crippen molar-refractivity contribution in [2.45, 2.75) is 25.9 Å². The van der Waals surface area contributed by atoms with Gasteiger partial charge in [0.25, 0.3) is 11.8 Å². The molecule has 0 aliphatic carbocycles. The van der Waals surface area contributed by atoms with E-state index >= 15 is 0 Å². The van der Waals surface area contributed by atoms with Crippen LogP contribution in [0.5, 0.6) is 0 Å². The Kier molecular flexibility index (Phi) is 7.48. The van der Waals surface area contributed by atoms with Crippen LogP contribution in [-0.2, 0) is 14.3 Å². The minimum atomic E-state index is -0.993. The molecule has 3 rings (SSSR count). The second-order valence-corrected chi connectivity index (χ2v) is 8.02. The Hall–Kier alpha value is -3.39. The third kappa shape index (κ3) is 5.85. The fourth-order valence-corrected chi connectivity index (χ4v) is 3.51. The van der Waals surface area contributed by atoms with Crippen molar-refractivity contribution in [3.05, 3.63) is 64.7 Å². The summed E-state index contributed by atoms with van der Waals surface area (Å²) in [4.78, 5) is 50.2. The molecule has 0 spiro atoms. The lowest BCUT2D eigenvalue weighted by Gasteiger charge is -2.31. The summed E-state index contributed by atoms with van der Waals surface area (Å²) in [7, 11) is 0. The predicted molar refractivity (Wildman–Crippen MR) is 119 cm³/mol. The van der Waals surface area contributed by atoms with E-state index in [-0.39, 0.29) is 11.8 Å². The van der Waals surface area contributed by atoms with Gasteiger partial charge in [-0.2, -0.15) is 0 Å². The lowest BCUT2D eigenvalue weighted by molar-refractivity contribution is -0.158. The Balaban J connectivity index is 1.47. The molecule has 3 N–H and O–H groups in total. The number of halogens is 1. The number of nitrogens with zero attached hydrogens (tertiary/aromatic N) is 1. The van der Waals surface area contributed by atoms with Gasteiger partial charge in [0.1, 0.15) is 0 Å². The van der Waals surface area contributed by atoms with Crippen molar-refractivity contribution in [2.75, 3.05) is 18.4 Å². The van der Waals surface area contributed by atoms with E-state index in [0.29, 0.717) is 47.8 Å². The molecule has 0 radical (unpaired) electrons. The average Bonchev–Trinajstić information content (AvgIpc) is 2.79. The number of ether oxygens (including phenoxy) is 1. The highest BCUT2D eigenvalue weighted by Gasteiger charge is 2.30. The first kappa shape index (κ1) is 23.3. The van der Waals surface area contributed by atoms with E-state index in [0.717, 1.165) is 0 Å². The molecule has 0 saturated carbocycles. The molecule has 32 heavy (non-hydrogen) atoms. The van der Waals surface area contributed by atoms with Gasteiger partial charge in [0.15, 0.2) is 6.10 Å². The van der Waals surface area contributed by atoms with Crippen molar-refractivity contribution < 1.29 is 23.9 Å². The number of hydrogen-bond donors (Lipinski definition) is 2. The van der Waals surface area contributed by atoms with Crippen molar-refractivity contribution in [1.29, 1.82) is 0 Å². The molecular weight excluding hydrogens is 434 g/mol. The fraction of sp³-hybridized carbons (Fsp3) is 0.304. The van der Waals surface area contributed by atoms with E-state index < -0.39 is 23.9 Å². The van der Waals surface area contributed by atoms with E-state index in [1.54, 1.807) is 41.3 Å². The smallest absolute Gasteiger partial charge is 0.309 e. The SMILES string of the molecule is CC(OC(=O)C1CCN(C(=O)c2ccc(Cl)cc2)CC1)C(=O)Nc1ccc(C(N)=O)cc1. The zero-order valence-corrected chi connectivity index (χ0v) is 18.3. The maximum absolute atomic E-state index is 12.6. The van der Waals surface area contributed by atoms with Crippen LogP contribution in [-0.4, -0.2) is 47.8 Å². The first-order chi connectivity index (χ1) is 15.2. The fourth-order valence-electron chi connectivity index (χ4n) is 3.38. The topological polar surface area (TPSA) is 119 Å². The highest BCUT2D eigenvalue weighted by Crippen LogP contribution is 2.22. The summed E-state index contributed by atoms with van der Waals surface area (Å²) in [5.41, 5.74) is 6.51. The molecule has 1 unspecified atom stereocenters. The summed E-state index contributed by atoms with van der Waals surface area (Å²) < 4.78 is 5.34. The molecule has 2 aromatic carbocycles. The van der Waals surface area contributed by atoms with Gasteiger partial charge in [-0.3, -0.25) is 19.2 Å². The molecule has 8 nitrogen and oxygen atoms in total. The van der Waals surface area contributed by atoms with Crippen LogP contribution < -0.4 is 11.1 Å². The van der Waals surface area contributed by atoms with Crippen LogP contribution in [0.4, 0.5) is 5.69 Å². The Bertz CT molecular complexity index is 999. The number of primary amides is 1. The molecule has 3 amide bonds. The molecule has 0 bridgehead atoms. The molecule has 1 atom stereocenters. The monoisotopic (exact) mass is 457 g/mol. The molecule has 1 aliphatic heterocycles. The maximum atomic E-state index is 12.6. The summed E-state index contributed by atoms with van der Waals surface area (Å²) in [6, 6.07) is 12.7. The van der Waals surface area contributed by atoms with E-state index in [9.17, 15) is 19.2 Å². The Morgan fingerprint density at radius 2 is 1.56 bits per heavy atom. The number of piperidine rings is 1. The van der Waals surface area contributed by atoms with E-state index in [4.69, 9.17) is 22.1 Å². The highest BCUT2D eigenvalue weighted by atomic mass is 35.5. The lowest BCUT2D eigenvalue weighted by atomic mass is 9.96. The molecule has 1 aliphatic rings. The van der Waals surface area contributed by atoms with Crippen LogP contribution >= 0.6 is 11.6 Å². The summed E-state index contributed by atoms with van der Waals surface area (Å²) in [5.74, 6) is -2.00. The third-order valence-corrected chi connectivity index (χ3v) is 5.56. The molecule has 1 fully saturated rings. The average molecular weight is 458 g/mol. The van der Waals surface area contributed by atoms with Crippen LogP contribution in [0.25, 0.3) is 0 Å². The predicted octanol–water partition coefficient (Wildman–Crippen LogP) is 2.86. The van der Waals surface area contributed by atoms with E-state index in [1.165, 1.54) is 19.1 Å². The molecule has 9 heteroatoms. The number of carbonyl (C=O) groups is 4. The Morgan fingerprint density at radius 1 is 1.00 bits per heavy atom. The van der Waals surface area contributed by atoms with Crippen molar-refractivity contribution in [1.82, 2.24) is 4.90 Å². The summed E-state index contributed by atoms with van der Waals surface area (Å²) >= 11 is 5.86. The largest absolute Gasteiger partial charge is 0.452 e. The Labute approximate surface area is 190 Å². The number of benzene rings is 2. The first-order valence-electron chi connectivity index (χ1n) is 10.2. The van der Waals surface area contributed by atoms with Gasteiger partial charge in [0, 0.05) is 34.9 Å². The number of anilines is 1. The normalized spacial score (nSPS) is 15.0. The maximum Gasteiger partial charge on any atom is 0.309 e. The molecule has 0 aromatic heterocycles. The second-order valence-electron chi connectivity index (χ2n) is 7.58. The third-order valence-electron chi connectivity index (χ3n) is 5.31. The van der Waals surface area contributed by atoms with Gasteiger partial charge in [0.2, 0.25) is 5.91 Å². The van der Waals surface area contributed by atoms with Crippen molar-refractivity contribution in [2.24, 2.45) is 11.7 Å². The van der Waals surface area contributed by atoms with Gasteiger partial charge in [-0.15, -0.1) is 0 Å². The quantitative estimate of drug-likeness (QED) is 0.646. The van der Waals surface area contributed by atoms with Crippen LogP contribution in [0.1, 0.15) is 40.5 Å². The molecule has 168 valence electrons. The van der Waals surface area contributed by atoms with Crippen LogP contribution in [0, 0.1) is 5.92 Å². The highest BCUT2D eigenvalue weighted by molar-refractivity contribution is 6.30. The number of carbonyl (C=O) groups excluding carboxylic acids is 4. The summed E-state index contributed by atoms with van der Waals surface area (Å²) in [6.45, 7) is 2.34. The van der Waals surface area contributed by atoms with Gasteiger partial charge in [-0.25, -0.2) is 0 Å². The molecule has 2 aromatic rings. The lowest BCUT2D eigenvalue weighted by Crippen LogP contribution is -2.41. The number of amides is 3. The number of rotatable bonds is 6. The van der Waals surface area contributed by atoms with Gasteiger partial charge in [-0.1, -0.05) is 11.6 Å². The van der Waals surface area contributed by atoms with Crippen molar-refractivity contribution in [3.63, 3.8) is 0 Å². The zero-order chi connectivity index (χ0) is 23.3. The number of esters is 1. The summed E-state index contributed by atoms with van der Waals surface area (Å²) in [5, 5.41) is 3.19. The van der Waals surface area contributed by atoms with Gasteiger partial charge in [-0.05, 0) is 68.3 Å². The molecular formula is C23H24ClN3O5. The van der Waals surface area contributed by atoms with Crippen LogP contribution in [0.3, 0.4) is 0 Å². The van der Waals surface area contributed by atoms with Crippen LogP contribution in [0.15, 0.2) is 48.5 Å². The van der Waals surface area contributed by atoms with Crippen molar-refractivity contribution >= 4 is 41.0 Å². The van der Waals surface area contributed by atoms with Gasteiger partial charge < -0.3 is 20.7 Å². The first-order valence-corrected chi connectivity index (χ1v) is 10.6.